The molecule has 0 aromatic heterocycles. The first-order valence-corrected chi connectivity index (χ1v) is 11.1. The predicted molar refractivity (Wildman–Crippen MR) is 110 cm³/mol. The fourth-order valence-corrected chi connectivity index (χ4v) is 4.71. The van der Waals surface area contributed by atoms with Gasteiger partial charge >= 0.3 is 0 Å². The minimum absolute atomic E-state index is 0.0607. The van der Waals surface area contributed by atoms with Gasteiger partial charge in [-0.25, -0.2) is 0 Å². The van der Waals surface area contributed by atoms with Crippen LogP contribution in [0.25, 0.3) is 0 Å². The first-order valence-electron chi connectivity index (χ1n) is 11.1. The van der Waals surface area contributed by atoms with E-state index in [0.29, 0.717) is 26.2 Å². The zero-order chi connectivity index (χ0) is 20.4. The molecule has 6 nitrogen and oxygen atoms in total. The molecular formula is C23H32N2O4. The van der Waals surface area contributed by atoms with Gasteiger partial charge in [-0.3, -0.25) is 9.59 Å². The van der Waals surface area contributed by atoms with E-state index in [1.54, 1.807) is 0 Å². The Morgan fingerprint density at radius 2 is 1.66 bits per heavy atom. The Kier molecular flexibility index (Phi) is 5.97. The average molecular weight is 401 g/mol. The van der Waals surface area contributed by atoms with Crippen LogP contribution in [0, 0.1) is 11.8 Å². The Morgan fingerprint density at radius 3 is 2.34 bits per heavy atom. The molecule has 1 aromatic rings. The van der Waals surface area contributed by atoms with Crippen molar-refractivity contribution in [2.45, 2.75) is 51.9 Å². The summed E-state index contributed by atoms with van der Waals surface area (Å²) >= 11 is 0. The van der Waals surface area contributed by atoms with Gasteiger partial charge in [0.1, 0.15) is 0 Å². The van der Waals surface area contributed by atoms with E-state index < -0.39 is 0 Å². The zero-order valence-electron chi connectivity index (χ0n) is 17.6. The fraction of sp³-hybridized carbons (Fsp3) is 0.652. The van der Waals surface area contributed by atoms with Crippen LogP contribution < -0.4 is 9.47 Å². The molecule has 2 fully saturated rings. The maximum Gasteiger partial charge on any atom is 0.231 e. The van der Waals surface area contributed by atoms with Gasteiger partial charge in [0.05, 0.1) is 0 Å². The molecule has 3 aliphatic rings. The lowest BCUT2D eigenvalue weighted by Crippen LogP contribution is -2.52. The topological polar surface area (TPSA) is 59.1 Å². The molecule has 2 heterocycles. The summed E-state index contributed by atoms with van der Waals surface area (Å²) in [5, 5.41) is 0. The average Bonchev–Trinajstić information content (AvgIpc) is 3.41. The molecule has 1 aromatic carbocycles. The second-order valence-corrected chi connectivity index (χ2v) is 8.49. The molecule has 0 N–H and O–H groups in total. The summed E-state index contributed by atoms with van der Waals surface area (Å²) in [4.78, 5) is 29.7. The number of hydrogen-bond donors (Lipinski definition) is 0. The van der Waals surface area contributed by atoms with Crippen molar-refractivity contribution in [1.29, 1.82) is 0 Å². The van der Waals surface area contributed by atoms with Crippen molar-refractivity contribution in [3.63, 3.8) is 0 Å². The van der Waals surface area contributed by atoms with E-state index in [2.05, 4.69) is 13.8 Å². The van der Waals surface area contributed by atoms with E-state index in [0.717, 1.165) is 49.2 Å². The van der Waals surface area contributed by atoms with Crippen LogP contribution in [-0.2, 0) is 9.59 Å². The van der Waals surface area contributed by atoms with Crippen LogP contribution in [0.4, 0.5) is 0 Å². The lowest BCUT2D eigenvalue weighted by Gasteiger charge is -2.36. The van der Waals surface area contributed by atoms with Crippen LogP contribution in [0.2, 0.25) is 0 Å². The minimum atomic E-state index is 0.0607. The van der Waals surface area contributed by atoms with Crippen molar-refractivity contribution < 1.29 is 19.1 Å². The van der Waals surface area contributed by atoms with E-state index in [4.69, 9.17) is 9.47 Å². The molecule has 158 valence electrons. The lowest BCUT2D eigenvalue weighted by molar-refractivity contribution is -0.143. The van der Waals surface area contributed by atoms with Gasteiger partial charge in [-0.1, -0.05) is 32.8 Å². The smallest absolute Gasteiger partial charge is 0.231 e. The highest BCUT2D eigenvalue weighted by molar-refractivity contribution is 5.84. The zero-order valence-corrected chi connectivity index (χ0v) is 17.6. The quantitative estimate of drug-likeness (QED) is 0.704. The van der Waals surface area contributed by atoms with Gasteiger partial charge in [-0.15, -0.1) is 0 Å². The van der Waals surface area contributed by atoms with Crippen molar-refractivity contribution in [2.24, 2.45) is 11.8 Å². The number of hydrogen-bond acceptors (Lipinski definition) is 4. The van der Waals surface area contributed by atoms with Crippen LogP contribution in [-0.4, -0.2) is 54.6 Å². The second-order valence-electron chi connectivity index (χ2n) is 8.49. The summed E-state index contributed by atoms with van der Waals surface area (Å²) in [6, 6.07) is 5.99. The molecular weight excluding hydrogens is 368 g/mol. The number of piperazine rings is 1. The highest BCUT2D eigenvalue weighted by Gasteiger charge is 2.46. The molecule has 2 amide bonds. The van der Waals surface area contributed by atoms with Crippen molar-refractivity contribution in [3.8, 4) is 11.5 Å². The molecule has 1 saturated carbocycles. The van der Waals surface area contributed by atoms with Gasteiger partial charge in [-0.2, -0.15) is 0 Å². The van der Waals surface area contributed by atoms with Crippen molar-refractivity contribution in [2.75, 3.05) is 33.0 Å². The monoisotopic (exact) mass is 400 g/mol. The van der Waals surface area contributed by atoms with Gasteiger partial charge in [0, 0.05) is 38.0 Å². The van der Waals surface area contributed by atoms with Crippen molar-refractivity contribution in [3.05, 3.63) is 23.8 Å². The summed E-state index contributed by atoms with van der Waals surface area (Å²) in [7, 11) is 0. The number of ether oxygens (including phenoxy) is 2. The predicted octanol–water partition coefficient (Wildman–Crippen LogP) is 3.41. The lowest BCUT2D eigenvalue weighted by atomic mass is 9.96. The molecule has 2 atom stereocenters. The number of rotatable bonds is 7. The Labute approximate surface area is 173 Å². The van der Waals surface area contributed by atoms with Crippen LogP contribution >= 0.6 is 0 Å². The molecule has 0 radical (unpaired) electrons. The maximum absolute atomic E-state index is 13.0. The number of fused-ring (bicyclic) bond motifs is 1. The third-order valence-electron chi connectivity index (χ3n) is 6.46. The van der Waals surface area contributed by atoms with Crippen LogP contribution in [0.15, 0.2) is 18.2 Å². The highest BCUT2D eigenvalue weighted by atomic mass is 16.7. The van der Waals surface area contributed by atoms with E-state index in [-0.39, 0.29) is 36.4 Å². The van der Waals surface area contributed by atoms with Crippen molar-refractivity contribution >= 4 is 11.8 Å². The molecule has 2 aliphatic heterocycles. The van der Waals surface area contributed by atoms with Crippen LogP contribution in [0.1, 0.15) is 57.4 Å². The molecule has 29 heavy (non-hydrogen) atoms. The highest BCUT2D eigenvalue weighted by Crippen LogP contribution is 2.50. The third-order valence-corrected chi connectivity index (χ3v) is 6.46. The fourth-order valence-electron chi connectivity index (χ4n) is 4.71. The Balaban J connectivity index is 1.29. The van der Waals surface area contributed by atoms with E-state index in [1.807, 2.05) is 28.0 Å². The van der Waals surface area contributed by atoms with Crippen LogP contribution in [0.3, 0.4) is 0 Å². The normalized spacial score (nSPS) is 22.9. The van der Waals surface area contributed by atoms with Gasteiger partial charge < -0.3 is 19.3 Å². The SMILES string of the molecule is CCCC(CCC)C(=O)N1CCN(C(=O)C2CC2c2ccc3c(c2)OCO3)CC1. The molecule has 4 rings (SSSR count). The van der Waals surface area contributed by atoms with Gasteiger partial charge in [0.15, 0.2) is 11.5 Å². The largest absolute Gasteiger partial charge is 0.454 e. The van der Waals surface area contributed by atoms with Gasteiger partial charge in [-0.05, 0) is 42.9 Å². The summed E-state index contributed by atoms with van der Waals surface area (Å²) in [5.41, 5.74) is 1.16. The third kappa shape index (κ3) is 4.21. The Morgan fingerprint density at radius 1 is 1.00 bits per heavy atom. The van der Waals surface area contributed by atoms with E-state index >= 15 is 0 Å². The molecule has 0 bridgehead atoms. The number of amides is 2. The molecule has 0 spiro atoms. The summed E-state index contributed by atoms with van der Waals surface area (Å²) < 4.78 is 10.8. The Hall–Kier alpha value is -2.24. The van der Waals surface area contributed by atoms with Crippen LogP contribution in [0.5, 0.6) is 11.5 Å². The molecule has 1 aliphatic carbocycles. The summed E-state index contributed by atoms with van der Waals surface area (Å²) in [5.74, 6) is 2.56. The van der Waals surface area contributed by atoms with E-state index in [1.165, 1.54) is 0 Å². The minimum Gasteiger partial charge on any atom is -0.454 e. The number of carbonyl (C=O) groups excluding carboxylic acids is 2. The molecule has 2 unspecified atom stereocenters. The molecule has 1 saturated heterocycles. The standard InChI is InChI=1S/C23H32N2O4/c1-3-5-16(6-4-2)22(26)24-9-11-25(12-10-24)23(27)19-14-18(19)17-7-8-20-21(13-17)29-15-28-20/h7-8,13,16,18-19H,3-6,9-12,14-15H2,1-2H3. The second kappa shape index (κ2) is 8.64. The Bertz CT molecular complexity index is 751. The van der Waals surface area contributed by atoms with Gasteiger partial charge in [0.2, 0.25) is 18.6 Å². The van der Waals surface area contributed by atoms with Crippen molar-refractivity contribution in [1.82, 2.24) is 9.80 Å². The summed E-state index contributed by atoms with van der Waals surface area (Å²) in [6.07, 6.45) is 4.90. The number of benzene rings is 1. The first-order chi connectivity index (χ1) is 14.1. The molecule has 6 heteroatoms. The number of nitrogens with zero attached hydrogens (tertiary/aromatic N) is 2. The first kappa shape index (κ1) is 20.0. The van der Waals surface area contributed by atoms with Gasteiger partial charge in [0.25, 0.3) is 0 Å². The van der Waals surface area contributed by atoms with E-state index in [9.17, 15) is 9.59 Å². The summed E-state index contributed by atoms with van der Waals surface area (Å²) in [6.45, 7) is 7.18. The number of carbonyl (C=O) groups is 2. The maximum atomic E-state index is 13.0.